The third-order valence-corrected chi connectivity index (χ3v) is 3.48. The molecule has 1 amide bonds. The van der Waals surface area contributed by atoms with Crippen LogP contribution in [0, 0.1) is 22.7 Å². The Morgan fingerprint density at radius 2 is 1.76 bits per heavy atom. The van der Waals surface area contributed by atoms with Gasteiger partial charge in [0.1, 0.15) is 17.6 Å². The van der Waals surface area contributed by atoms with Gasteiger partial charge in [-0.15, -0.1) is 0 Å². The maximum atomic E-state index is 12.6. The van der Waals surface area contributed by atoms with Gasteiger partial charge in [-0.3, -0.25) is 4.79 Å². The number of methoxy groups -OCH3 is 1. The first kappa shape index (κ1) is 17.8. The molecule has 0 saturated heterocycles. The van der Waals surface area contributed by atoms with Crippen LogP contribution in [0.25, 0.3) is 0 Å². The first-order valence-electron chi connectivity index (χ1n) is 7.63. The van der Waals surface area contributed by atoms with Crippen LogP contribution in [0.5, 0.6) is 11.5 Å². The topological polar surface area (TPSA) is 86.3 Å². The van der Waals surface area contributed by atoms with E-state index in [4.69, 9.17) is 20.0 Å². The number of ether oxygens (including phenoxy) is 2. The van der Waals surface area contributed by atoms with E-state index in [-0.39, 0.29) is 25.5 Å². The molecule has 0 unspecified atom stereocenters. The molecular formula is C19H17N3O3. The molecule has 25 heavy (non-hydrogen) atoms. The van der Waals surface area contributed by atoms with Crippen molar-refractivity contribution in [1.29, 1.82) is 10.5 Å². The Balaban J connectivity index is 2.19. The molecule has 0 radical (unpaired) electrons. The Labute approximate surface area is 146 Å². The van der Waals surface area contributed by atoms with Crippen molar-refractivity contribution in [2.24, 2.45) is 0 Å². The molecule has 0 aliphatic carbocycles. The van der Waals surface area contributed by atoms with Crippen molar-refractivity contribution in [2.45, 2.75) is 6.42 Å². The fourth-order valence-corrected chi connectivity index (χ4v) is 2.30. The summed E-state index contributed by atoms with van der Waals surface area (Å²) in [5.74, 6) is 0.553. The molecule has 0 N–H and O–H groups in total. The van der Waals surface area contributed by atoms with E-state index in [1.54, 1.807) is 48.5 Å². The lowest BCUT2D eigenvalue weighted by Crippen LogP contribution is -2.36. The van der Waals surface area contributed by atoms with Crippen LogP contribution in [-0.2, 0) is 4.79 Å². The molecule has 0 aromatic heterocycles. The average Bonchev–Trinajstić information content (AvgIpc) is 2.67. The molecule has 2 rings (SSSR count). The number of nitriles is 2. The fraction of sp³-hybridized carbons (Fsp3) is 0.211. The summed E-state index contributed by atoms with van der Waals surface area (Å²) in [5, 5.41) is 17.9. The zero-order chi connectivity index (χ0) is 18.1. The molecule has 0 spiro atoms. The van der Waals surface area contributed by atoms with Gasteiger partial charge in [0.05, 0.1) is 30.9 Å². The van der Waals surface area contributed by atoms with Gasteiger partial charge >= 0.3 is 0 Å². The Hall–Kier alpha value is -3.51. The van der Waals surface area contributed by atoms with Crippen LogP contribution in [0.1, 0.15) is 12.0 Å². The number of carbonyl (C=O) groups is 1. The third kappa shape index (κ3) is 4.49. The molecule has 0 bridgehead atoms. The maximum Gasteiger partial charge on any atom is 0.265 e. The number of hydrogen-bond acceptors (Lipinski definition) is 5. The lowest BCUT2D eigenvalue weighted by Gasteiger charge is -2.23. The van der Waals surface area contributed by atoms with E-state index in [1.165, 1.54) is 12.0 Å². The highest BCUT2D eigenvalue weighted by atomic mass is 16.5. The van der Waals surface area contributed by atoms with Crippen LogP contribution in [-0.4, -0.2) is 26.2 Å². The predicted octanol–water partition coefficient (Wildman–Crippen LogP) is 2.89. The second-order valence-corrected chi connectivity index (χ2v) is 5.02. The van der Waals surface area contributed by atoms with Gasteiger partial charge in [0, 0.05) is 6.54 Å². The number of amides is 1. The minimum atomic E-state index is -0.326. The summed E-state index contributed by atoms with van der Waals surface area (Å²) in [6, 6.07) is 17.8. The number of hydrogen-bond donors (Lipinski definition) is 0. The molecule has 0 fully saturated rings. The van der Waals surface area contributed by atoms with E-state index in [2.05, 4.69) is 0 Å². The number of anilines is 1. The van der Waals surface area contributed by atoms with Crippen LogP contribution in [0.2, 0.25) is 0 Å². The zero-order valence-electron chi connectivity index (χ0n) is 13.8. The number of carbonyl (C=O) groups excluding carboxylic acids is 1. The van der Waals surface area contributed by atoms with Gasteiger partial charge < -0.3 is 14.4 Å². The van der Waals surface area contributed by atoms with Crippen LogP contribution in [0.3, 0.4) is 0 Å². The van der Waals surface area contributed by atoms with E-state index >= 15 is 0 Å². The molecule has 2 aromatic carbocycles. The molecule has 0 saturated carbocycles. The van der Waals surface area contributed by atoms with E-state index in [0.717, 1.165) is 0 Å². The minimum Gasteiger partial charge on any atom is -0.495 e. The third-order valence-electron chi connectivity index (χ3n) is 3.48. The van der Waals surface area contributed by atoms with Gasteiger partial charge in [0.25, 0.3) is 5.91 Å². The van der Waals surface area contributed by atoms with E-state index in [1.807, 2.05) is 12.1 Å². The summed E-state index contributed by atoms with van der Waals surface area (Å²) in [6.45, 7) is -0.0267. The summed E-state index contributed by atoms with van der Waals surface area (Å²) < 4.78 is 10.8. The highest BCUT2D eigenvalue weighted by Crippen LogP contribution is 2.28. The maximum absolute atomic E-state index is 12.6. The van der Waals surface area contributed by atoms with Gasteiger partial charge in [-0.1, -0.05) is 24.3 Å². The normalized spacial score (nSPS) is 9.56. The van der Waals surface area contributed by atoms with Crippen molar-refractivity contribution in [3.8, 4) is 23.6 Å². The van der Waals surface area contributed by atoms with Crippen LogP contribution in [0.15, 0.2) is 48.5 Å². The van der Waals surface area contributed by atoms with Crippen molar-refractivity contribution in [3.63, 3.8) is 0 Å². The lowest BCUT2D eigenvalue weighted by molar-refractivity contribution is -0.120. The average molecular weight is 335 g/mol. The van der Waals surface area contributed by atoms with Gasteiger partial charge in [-0.2, -0.15) is 10.5 Å². The highest BCUT2D eigenvalue weighted by molar-refractivity contribution is 5.96. The molecule has 0 aliphatic heterocycles. The first-order valence-corrected chi connectivity index (χ1v) is 7.63. The fourth-order valence-electron chi connectivity index (χ4n) is 2.30. The summed E-state index contributed by atoms with van der Waals surface area (Å²) in [6.07, 6.45) is 0.179. The van der Waals surface area contributed by atoms with Crippen LogP contribution < -0.4 is 14.4 Å². The van der Waals surface area contributed by atoms with E-state index in [0.29, 0.717) is 22.7 Å². The zero-order valence-corrected chi connectivity index (χ0v) is 13.8. The molecule has 0 aliphatic rings. The van der Waals surface area contributed by atoms with Gasteiger partial charge in [0.2, 0.25) is 0 Å². The quantitative estimate of drug-likeness (QED) is 0.776. The molecule has 6 nitrogen and oxygen atoms in total. The largest absolute Gasteiger partial charge is 0.495 e. The van der Waals surface area contributed by atoms with Crippen molar-refractivity contribution in [1.82, 2.24) is 0 Å². The van der Waals surface area contributed by atoms with Crippen LogP contribution >= 0.6 is 0 Å². The minimum absolute atomic E-state index is 0.179. The second-order valence-electron chi connectivity index (χ2n) is 5.02. The molecule has 126 valence electrons. The molecular weight excluding hydrogens is 318 g/mol. The lowest BCUT2D eigenvalue weighted by atomic mass is 10.2. The monoisotopic (exact) mass is 335 g/mol. The van der Waals surface area contributed by atoms with Crippen molar-refractivity contribution in [2.75, 3.05) is 25.2 Å². The summed E-state index contributed by atoms with van der Waals surface area (Å²) in [7, 11) is 1.52. The highest BCUT2D eigenvalue weighted by Gasteiger charge is 2.20. The smallest absolute Gasteiger partial charge is 0.265 e. The number of benzene rings is 2. The second kappa shape index (κ2) is 8.95. The number of para-hydroxylation sites is 3. The number of rotatable bonds is 7. The molecule has 2 aromatic rings. The Kier molecular flexibility index (Phi) is 6.39. The first-order chi connectivity index (χ1) is 12.2. The predicted molar refractivity (Wildman–Crippen MR) is 92.2 cm³/mol. The standard InChI is InChI=1S/C19H17N3O3/c1-24-18-10-5-3-8-16(18)22(12-6-11-20)19(23)14-25-17-9-4-2-7-15(17)13-21/h2-5,7-10H,6,12,14H2,1H3. The van der Waals surface area contributed by atoms with Gasteiger partial charge in [0.15, 0.2) is 6.61 Å². The van der Waals surface area contributed by atoms with Crippen molar-refractivity contribution >= 4 is 11.6 Å². The van der Waals surface area contributed by atoms with E-state index in [9.17, 15) is 4.79 Å². The Morgan fingerprint density at radius 1 is 1.08 bits per heavy atom. The van der Waals surface area contributed by atoms with E-state index < -0.39 is 0 Å². The number of nitrogens with zero attached hydrogens (tertiary/aromatic N) is 3. The Bertz CT molecular complexity index is 821. The summed E-state index contributed by atoms with van der Waals surface area (Å²) in [5.41, 5.74) is 0.929. The summed E-state index contributed by atoms with van der Waals surface area (Å²) >= 11 is 0. The van der Waals surface area contributed by atoms with Crippen molar-refractivity contribution in [3.05, 3.63) is 54.1 Å². The molecule has 0 heterocycles. The summed E-state index contributed by atoms with van der Waals surface area (Å²) in [4.78, 5) is 14.1. The SMILES string of the molecule is COc1ccccc1N(CCC#N)C(=O)COc1ccccc1C#N. The Morgan fingerprint density at radius 3 is 2.44 bits per heavy atom. The van der Waals surface area contributed by atoms with Gasteiger partial charge in [-0.25, -0.2) is 0 Å². The van der Waals surface area contributed by atoms with Crippen molar-refractivity contribution < 1.29 is 14.3 Å². The molecule has 6 heteroatoms. The molecule has 0 atom stereocenters. The van der Waals surface area contributed by atoms with Gasteiger partial charge in [-0.05, 0) is 24.3 Å². The van der Waals surface area contributed by atoms with Crippen LogP contribution in [0.4, 0.5) is 5.69 Å².